The smallest absolute Gasteiger partial charge is 0.0897 e. The van der Waals surface area contributed by atoms with Crippen LogP contribution in [0.5, 0.6) is 0 Å². The van der Waals surface area contributed by atoms with Crippen LogP contribution < -0.4 is 5.32 Å². The number of halogens is 1. The molecule has 1 heterocycles. The Morgan fingerprint density at radius 3 is 2.68 bits per heavy atom. The van der Waals surface area contributed by atoms with E-state index in [-0.39, 0.29) is 0 Å². The van der Waals surface area contributed by atoms with E-state index in [9.17, 15) is 0 Å². The number of thiazole rings is 1. The number of likely N-dealkylation sites (N-methyl/N-ethyl adjacent to an activating group) is 1. The van der Waals surface area contributed by atoms with E-state index in [1.54, 1.807) is 11.3 Å². The Bertz CT molecular complexity index is 510. The normalized spacial score (nSPS) is 10.9. The number of benzene rings is 1. The minimum Gasteiger partial charge on any atom is -0.384 e. The molecule has 0 aliphatic rings. The van der Waals surface area contributed by atoms with Crippen molar-refractivity contribution in [3.63, 3.8) is 0 Å². The van der Waals surface area contributed by atoms with Crippen molar-refractivity contribution in [1.29, 1.82) is 0 Å². The van der Waals surface area contributed by atoms with Gasteiger partial charge in [0.25, 0.3) is 0 Å². The van der Waals surface area contributed by atoms with Crippen LogP contribution in [-0.4, -0.2) is 30.0 Å². The molecular formula is C14H18BrN3S. The Morgan fingerprint density at radius 1 is 1.32 bits per heavy atom. The van der Waals surface area contributed by atoms with Gasteiger partial charge in [0.1, 0.15) is 0 Å². The van der Waals surface area contributed by atoms with Gasteiger partial charge in [0.05, 0.1) is 10.7 Å². The first-order chi connectivity index (χ1) is 9.13. The maximum atomic E-state index is 4.48. The van der Waals surface area contributed by atoms with Gasteiger partial charge in [-0.25, -0.2) is 4.98 Å². The van der Waals surface area contributed by atoms with Gasteiger partial charge in [-0.05, 0) is 38.2 Å². The van der Waals surface area contributed by atoms with Gasteiger partial charge in [0, 0.05) is 35.2 Å². The predicted octanol–water partition coefficient (Wildman–Crippen LogP) is 3.76. The first-order valence-electron chi connectivity index (χ1n) is 6.22. The molecule has 0 unspecified atom stereocenters. The average molecular weight is 340 g/mol. The molecule has 0 atom stereocenters. The summed E-state index contributed by atoms with van der Waals surface area (Å²) in [6.45, 7) is 4.88. The topological polar surface area (TPSA) is 28.2 Å². The number of hydrogen-bond acceptors (Lipinski definition) is 4. The quantitative estimate of drug-likeness (QED) is 0.868. The third-order valence-electron chi connectivity index (χ3n) is 2.77. The van der Waals surface area contributed by atoms with Crippen molar-refractivity contribution in [1.82, 2.24) is 9.88 Å². The van der Waals surface area contributed by atoms with E-state index >= 15 is 0 Å². The van der Waals surface area contributed by atoms with Gasteiger partial charge in [-0.1, -0.05) is 15.9 Å². The number of rotatable bonds is 6. The molecule has 0 aliphatic carbocycles. The van der Waals surface area contributed by atoms with Crippen LogP contribution in [0, 0.1) is 6.92 Å². The van der Waals surface area contributed by atoms with Crippen molar-refractivity contribution >= 4 is 33.0 Å². The molecule has 0 radical (unpaired) electrons. The molecule has 0 bridgehead atoms. The molecule has 0 amide bonds. The molecule has 2 aromatic rings. The zero-order valence-electron chi connectivity index (χ0n) is 11.2. The zero-order valence-corrected chi connectivity index (χ0v) is 13.6. The molecule has 19 heavy (non-hydrogen) atoms. The van der Waals surface area contributed by atoms with Crippen LogP contribution in [-0.2, 0) is 6.54 Å². The van der Waals surface area contributed by atoms with Gasteiger partial charge in [0.2, 0.25) is 0 Å². The van der Waals surface area contributed by atoms with Crippen molar-refractivity contribution in [2.75, 3.05) is 25.5 Å². The maximum absolute atomic E-state index is 4.48. The molecular weight excluding hydrogens is 322 g/mol. The highest BCUT2D eigenvalue weighted by atomic mass is 79.9. The van der Waals surface area contributed by atoms with Crippen molar-refractivity contribution in [2.24, 2.45) is 0 Å². The Labute approximate surface area is 126 Å². The van der Waals surface area contributed by atoms with Crippen LogP contribution in [0.1, 0.15) is 10.7 Å². The molecule has 102 valence electrons. The third-order valence-corrected chi connectivity index (χ3v) is 4.12. The lowest BCUT2D eigenvalue weighted by Crippen LogP contribution is -2.24. The second kappa shape index (κ2) is 7.03. The lowest BCUT2D eigenvalue weighted by Gasteiger charge is -2.16. The van der Waals surface area contributed by atoms with E-state index in [0.29, 0.717) is 0 Å². The molecule has 0 spiro atoms. The Kier molecular flexibility index (Phi) is 5.36. The molecule has 1 aromatic carbocycles. The number of anilines is 1. The SMILES string of the molecule is Cc1nc(CN(C)CCNc2ccc(Br)cc2)cs1. The highest BCUT2D eigenvalue weighted by Gasteiger charge is 2.03. The van der Waals surface area contributed by atoms with Crippen LogP contribution in [0.3, 0.4) is 0 Å². The van der Waals surface area contributed by atoms with Crippen molar-refractivity contribution < 1.29 is 0 Å². The van der Waals surface area contributed by atoms with Crippen LogP contribution in [0.15, 0.2) is 34.1 Å². The monoisotopic (exact) mass is 339 g/mol. The van der Waals surface area contributed by atoms with Gasteiger partial charge in [-0.15, -0.1) is 11.3 Å². The molecule has 0 saturated carbocycles. The first-order valence-corrected chi connectivity index (χ1v) is 7.90. The lowest BCUT2D eigenvalue weighted by atomic mass is 10.3. The Morgan fingerprint density at radius 2 is 2.05 bits per heavy atom. The van der Waals surface area contributed by atoms with Gasteiger partial charge in [-0.3, -0.25) is 4.90 Å². The summed E-state index contributed by atoms with van der Waals surface area (Å²) in [4.78, 5) is 6.76. The van der Waals surface area contributed by atoms with Crippen LogP contribution in [0.4, 0.5) is 5.69 Å². The minimum absolute atomic E-state index is 0.909. The Balaban J connectivity index is 1.71. The second-order valence-electron chi connectivity index (χ2n) is 4.53. The number of nitrogens with one attached hydrogen (secondary N) is 1. The largest absolute Gasteiger partial charge is 0.384 e. The van der Waals surface area contributed by atoms with E-state index in [4.69, 9.17) is 0 Å². The number of hydrogen-bond donors (Lipinski definition) is 1. The molecule has 1 N–H and O–H groups in total. The summed E-state index contributed by atoms with van der Waals surface area (Å²) < 4.78 is 1.11. The van der Waals surface area contributed by atoms with E-state index < -0.39 is 0 Å². The van der Waals surface area contributed by atoms with E-state index in [1.807, 2.05) is 19.1 Å². The Hall–Kier alpha value is -0.910. The fraction of sp³-hybridized carbons (Fsp3) is 0.357. The van der Waals surface area contributed by atoms with Gasteiger partial charge in [0.15, 0.2) is 0 Å². The zero-order chi connectivity index (χ0) is 13.7. The minimum atomic E-state index is 0.909. The fourth-order valence-corrected chi connectivity index (χ4v) is 2.66. The summed E-state index contributed by atoms with van der Waals surface area (Å²) in [6.07, 6.45) is 0. The first kappa shape index (κ1) is 14.5. The van der Waals surface area contributed by atoms with Gasteiger partial charge < -0.3 is 5.32 Å². The summed E-state index contributed by atoms with van der Waals surface area (Å²) in [5.74, 6) is 0. The van der Waals surface area contributed by atoms with Crippen LogP contribution in [0.25, 0.3) is 0 Å². The number of aromatic nitrogens is 1. The standard InChI is InChI=1S/C14H18BrN3S/c1-11-17-14(10-19-11)9-18(2)8-7-16-13-5-3-12(15)4-6-13/h3-6,10,16H,7-9H2,1-2H3. The van der Waals surface area contributed by atoms with Crippen molar-refractivity contribution in [3.05, 3.63) is 44.8 Å². The van der Waals surface area contributed by atoms with Gasteiger partial charge in [-0.2, -0.15) is 0 Å². The second-order valence-corrected chi connectivity index (χ2v) is 6.51. The molecule has 1 aromatic heterocycles. The summed E-state index contributed by atoms with van der Waals surface area (Å²) in [5.41, 5.74) is 2.31. The van der Waals surface area contributed by atoms with E-state index in [0.717, 1.165) is 40.5 Å². The summed E-state index contributed by atoms with van der Waals surface area (Å²) in [5, 5.41) is 6.68. The number of aryl methyl sites for hydroxylation is 1. The molecule has 0 saturated heterocycles. The van der Waals surface area contributed by atoms with Crippen molar-refractivity contribution in [2.45, 2.75) is 13.5 Å². The highest BCUT2D eigenvalue weighted by molar-refractivity contribution is 9.10. The summed E-state index contributed by atoms with van der Waals surface area (Å²) >= 11 is 5.14. The molecule has 5 heteroatoms. The summed E-state index contributed by atoms with van der Waals surface area (Å²) in [6, 6.07) is 8.25. The predicted molar refractivity (Wildman–Crippen MR) is 85.8 cm³/mol. The van der Waals surface area contributed by atoms with E-state index in [1.165, 1.54) is 0 Å². The third kappa shape index (κ3) is 4.93. The van der Waals surface area contributed by atoms with E-state index in [2.05, 4.69) is 55.7 Å². The summed E-state index contributed by atoms with van der Waals surface area (Å²) in [7, 11) is 2.12. The fourth-order valence-electron chi connectivity index (χ4n) is 1.80. The molecule has 2 rings (SSSR count). The van der Waals surface area contributed by atoms with Crippen LogP contribution in [0.2, 0.25) is 0 Å². The number of nitrogens with zero attached hydrogens (tertiary/aromatic N) is 2. The lowest BCUT2D eigenvalue weighted by molar-refractivity contribution is 0.336. The molecule has 0 fully saturated rings. The maximum Gasteiger partial charge on any atom is 0.0897 e. The molecule has 0 aliphatic heterocycles. The van der Waals surface area contributed by atoms with Crippen molar-refractivity contribution in [3.8, 4) is 0 Å². The highest BCUT2D eigenvalue weighted by Crippen LogP contribution is 2.14. The van der Waals surface area contributed by atoms with Gasteiger partial charge >= 0.3 is 0 Å². The van der Waals surface area contributed by atoms with Crippen LogP contribution >= 0.6 is 27.3 Å². The average Bonchev–Trinajstić information content (AvgIpc) is 2.77. The molecule has 3 nitrogen and oxygen atoms in total.